The van der Waals surface area contributed by atoms with Crippen LogP contribution in [0, 0.1) is 6.92 Å². The number of ether oxygens (including phenoxy) is 1. The first-order chi connectivity index (χ1) is 13.5. The van der Waals surface area contributed by atoms with Crippen molar-refractivity contribution in [2.45, 2.75) is 38.8 Å². The first-order valence-corrected chi connectivity index (χ1v) is 10.00. The number of carbonyl (C=O) groups is 1. The fourth-order valence-electron chi connectivity index (χ4n) is 3.72. The van der Waals surface area contributed by atoms with E-state index in [9.17, 15) is 4.79 Å². The van der Waals surface area contributed by atoms with Gasteiger partial charge in [-0.2, -0.15) is 0 Å². The smallest absolute Gasteiger partial charge is 0.252 e. The fourth-order valence-corrected chi connectivity index (χ4v) is 3.88. The SMILES string of the molecule is Cc1c(Cl)ccc2c(C(=O)N[C@@H](C)[C@@H]3CCCO3)cc(-c3ccccc3)nc12. The zero-order valence-corrected chi connectivity index (χ0v) is 16.8. The molecule has 2 heterocycles. The van der Waals surface area contributed by atoms with Crippen LogP contribution in [0.2, 0.25) is 5.02 Å². The van der Waals surface area contributed by atoms with Crippen LogP contribution in [-0.4, -0.2) is 29.6 Å². The summed E-state index contributed by atoms with van der Waals surface area (Å²) in [6, 6.07) is 15.4. The highest BCUT2D eigenvalue weighted by atomic mass is 35.5. The monoisotopic (exact) mass is 394 g/mol. The van der Waals surface area contributed by atoms with Crippen molar-refractivity contribution in [2.75, 3.05) is 6.61 Å². The van der Waals surface area contributed by atoms with Crippen LogP contribution in [0.4, 0.5) is 0 Å². The van der Waals surface area contributed by atoms with Crippen LogP contribution in [0.5, 0.6) is 0 Å². The third kappa shape index (κ3) is 3.62. The minimum atomic E-state index is -0.116. The molecule has 0 unspecified atom stereocenters. The number of aryl methyl sites for hydroxylation is 1. The molecule has 1 aromatic heterocycles. The van der Waals surface area contributed by atoms with Crippen LogP contribution >= 0.6 is 11.6 Å². The fraction of sp³-hybridized carbons (Fsp3) is 0.304. The molecule has 0 bridgehead atoms. The van der Waals surface area contributed by atoms with Gasteiger partial charge in [0.1, 0.15) is 0 Å². The van der Waals surface area contributed by atoms with Crippen molar-refractivity contribution in [3.05, 3.63) is 64.7 Å². The normalized spacial score (nSPS) is 17.6. The van der Waals surface area contributed by atoms with E-state index in [1.165, 1.54) is 0 Å². The standard InChI is InChI=1S/C23H23ClN2O2/c1-14-19(24)11-10-17-18(23(27)25-15(2)21-9-6-12-28-21)13-20(26-22(14)17)16-7-4-3-5-8-16/h3-5,7-8,10-11,13,15,21H,6,9,12H2,1-2H3,(H,25,27)/t15-,21-/m0/s1. The number of pyridine rings is 1. The summed E-state index contributed by atoms with van der Waals surface area (Å²) in [7, 11) is 0. The Balaban J connectivity index is 1.79. The molecule has 1 amide bonds. The molecule has 0 spiro atoms. The highest BCUT2D eigenvalue weighted by Crippen LogP contribution is 2.30. The summed E-state index contributed by atoms with van der Waals surface area (Å²) >= 11 is 6.33. The maximum atomic E-state index is 13.2. The second kappa shape index (κ2) is 7.90. The maximum Gasteiger partial charge on any atom is 0.252 e. The van der Waals surface area contributed by atoms with Crippen LogP contribution in [0.3, 0.4) is 0 Å². The van der Waals surface area contributed by atoms with Crippen LogP contribution in [0.1, 0.15) is 35.7 Å². The Hall–Kier alpha value is -2.43. The molecule has 5 heteroatoms. The molecule has 28 heavy (non-hydrogen) atoms. The number of nitrogens with one attached hydrogen (secondary N) is 1. The predicted octanol–water partition coefficient (Wildman–Crippen LogP) is 5.16. The molecule has 2 atom stereocenters. The summed E-state index contributed by atoms with van der Waals surface area (Å²) in [5.41, 5.74) is 3.95. The third-order valence-electron chi connectivity index (χ3n) is 5.36. The Kier molecular flexibility index (Phi) is 5.33. The molecule has 4 nitrogen and oxygen atoms in total. The van der Waals surface area contributed by atoms with Crippen molar-refractivity contribution >= 4 is 28.4 Å². The minimum Gasteiger partial charge on any atom is -0.376 e. The first-order valence-electron chi connectivity index (χ1n) is 9.62. The van der Waals surface area contributed by atoms with E-state index < -0.39 is 0 Å². The molecule has 1 aliphatic rings. The lowest BCUT2D eigenvalue weighted by Gasteiger charge is -2.21. The van der Waals surface area contributed by atoms with E-state index in [1.807, 2.05) is 62.4 Å². The number of rotatable bonds is 4. The van der Waals surface area contributed by atoms with E-state index in [-0.39, 0.29) is 18.1 Å². The van der Waals surface area contributed by atoms with Crippen molar-refractivity contribution in [1.82, 2.24) is 10.3 Å². The zero-order chi connectivity index (χ0) is 19.7. The van der Waals surface area contributed by atoms with E-state index in [2.05, 4.69) is 5.32 Å². The molecule has 1 N–H and O–H groups in total. The average molecular weight is 395 g/mol. The average Bonchev–Trinajstić information content (AvgIpc) is 3.26. The molecular weight excluding hydrogens is 372 g/mol. The van der Waals surface area contributed by atoms with Gasteiger partial charge in [0.25, 0.3) is 5.91 Å². The number of fused-ring (bicyclic) bond motifs is 1. The highest BCUT2D eigenvalue weighted by Gasteiger charge is 2.25. The second-order valence-electron chi connectivity index (χ2n) is 7.30. The first kappa shape index (κ1) is 18.9. The topological polar surface area (TPSA) is 51.2 Å². The van der Waals surface area contributed by atoms with Gasteiger partial charge < -0.3 is 10.1 Å². The minimum absolute atomic E-state index is 0.0493. The predicted molar refractivity (Wildman–Crippen MR) is 113 cm³/mol. The molecule has 1 fully saturated rings. The van der Waals surface area contributed by atoms with E-state index in [4.69, 9.17) is 21.3 Å². The summed E-state index contributed by atoms with van der Waals surface area (Å²) in [5.74, 6) is -0.116. The van der Waals surface area contributed by atoms with Crippen LogP contribution in [0.15, 0.2) is 48.5 Å². The second-order valence-corrected chi connectivity index (χ2v) is 7.71. The largest absolute Gasteiger partial charge is 0.376 e. The Labute approximate surface area is 169 Å². The number of carbonyl (C=O) groups excluding carboxylic acids is 1. The highest BCUT2D eigenvalue weighted by molar-refractivity contribution is 6.32. The molecule has 4 rings (SSSR count). The van der Waals surface area contributed by atoms with Crippen molar-refractivity contribution < 1.29 is 9.53 Å². The van der Waals surface area contributed by atoms with E-state index >= 15 is 0 Å². The Morgan fingerprint density at radius 3 is 2.75 bits per heavy atom. The number of hydrogen-bond donors (Lipinski definition) is 1. The van der Waals surface area contributed by atoms with Gasteiger partial charge in [0.15, 0.2) is 0 Å². The molecule has 1 saturated heterocycles. The number of amides is 1. The van der Waals surface area contributed by atoms with E-state index in [0.29, 0.717) is 10.6 Å². The van der Waals surface area contributed by atoms with Crippen LogP contribution < -0.4 is 5.32 Å². The van der Waals surface area contributed by atoms with Crippen LogP contribution in [-0.2, 0) is 4.74 Å². The molecular formula is C23H23ClN2O2. The number of halogens is 1. The number of benzene rings is 2. The van der Waals surface area contributed by atoms with Crippen LogP contribution in [0.25, 0.3) is 22.2 Å². The zero-order valence-electron chi connectivity index (χ0n) is 16.0. The molecule has 0 aliphatic carbocycles. The van der Waals surface area contributed by atoms with Crippen molar-refractivity contribution in [3.8, 4) is 11.3 Å². The summed E-state index contributed by atoms with van der Waals surface area (Å²) in [4.78, 5) is 18.0. The van der Waals surface area contributed by atoms with E-state index in [0.717, 1.165) is 47.2 Å². The number of hydrogen-bond acceptors (Lipinski definition) is 3. The van der Waals surface area contributed by atoms with Gasteiger partial charge >= 0.3 is 0 Å². The lowest BCUT2D eigenvalue weighted by molar-refractivity contribution is 0.0713. The molecule has 1 aliphatic heterocycles. The molecule has 0 radical (unpaired) electrons. The Morgan fingerprint density at radius 1 is 1.25 bits per heavy atom. The summed E-state index contributed by atoms with van der Waals surface area (Å²) < 4.78 is 5.72. The van der Waals surface area contributed by atoms with Gasteiger partial charge in [-0.15, -0.1) is 0 Å². The maximum absolute atomic E-state index is 13.2. The van der Waals surface area contributed by atoms with Gasteiger partial charge in [0, 0.05) is 22.6 Å². The summed E-state index contributed by atoms with van der Waals surface area (Å²) in [6.45, 7) is 4.69. The van der Waals surface area contributed by atoms with E-state index in [1.54, 1.807) is 0 Å². The number of aromatic nitrogens is 1. The number of nitrogens with zero attached hydrogens (tertiary/aromatic N) is 1. The van der Waals surface area contributed by atoms with Gasteiger partial charge in [-0.05, 0) is 44.4 Å². The van der Waals surface area contributed by atoms with Crippen molar-refractivity contribution in [2.24, 2.45) is 0 Å². The molecule has 3 aromatic rings. The van der Waals surface area contributed by atoms with Gasteiger partial charge in [-0.1, -0.05) is 48.0 Å². The van der Waals surface area contributed by atoms with Gasteiger partial charge in [-0.25, -0.2) is 4.98 Å². The third-order valence-corrected chi connectivity index (χ3v) is 5.77. The lowest BCUT2D eigenvalue weighted by atomic mass is 10.0. The Bertz CT molecular complexity index is 1010. The van der Waals surface area contributed by atoms with Gasteiger partial charge in [0.05, 0.1) is 28.9 Å². The molecule has 0 saturated carbocycles. The molecule has 144 valence electrons. The van der Waals surface area contributed by atoms with Gasteiger partial charge in [0.2, 0.25) is 0 Å². The van der Waals surface area contributed by atoms with Crippen molar-refractivity contribution in [3.63, 3.8) is 0 Å². The summed E-state index contributed by atoms with van der Waals surface area (Å²) in [5, 5.41) is 4.57. The Morgan fingerprint density at radius 2 is 2.04 bits per heavy atom. The summed E-state index contributed by atoms with van der Waals surface area (Å²) in [6.07, 6.45) is 2.09. The van der Waals surface area contributed by atoms with Gasteiger partial charge in [-0.3, -0.25) is 4.79 Å². The molecule has 2 aromatic carbocycles. The van der Waals surface area contributed by atoms with Crippen molar-refractivity contribution in [1.29, 1.82) is 0 Å². The lowest BCUT2D eigenvalue weighted by Crippen LogP contribution is -2.40. The quantitative estimate of drug-likeness (QED) is 0.664.